The zero-order valence-corrected chi connectivity index (χ0v) is 14.4. The number of carbonyl (C=O) groups is 2. The van der Waals surface area contributed by atoms with E-state index in [1.54, 1.807) is 29.2 Å². The highest BCUT2D eigenvalue weighted by Gasteiger charge is 2.30. The molecule has 2 amide bonds. The van der Waals surface area contributed by atoms with E-state index in [1.807, 2.05) is 13.8 Å². The monoisotopic (exact) mass is 364 g/mol. The van der Waals surface area contributed by atoms with Crippen LogP contribution in [0, 0.1) is 0 Å². The summed E-state index contributed by atoms with van der Waals surface area (Å²) in [5.74, 6) is -0.628. The first kappa shape index (κ1) is 19.5. The van der Waals surface area contributed by atoms with Gasteiger partial charge in [0.05, 0.1) is 5.56 Å². The van der Waals surface area contributed by atoms with E-state index in [-0.39, 0.29) is 11.5 Å². The van der Waals surface area contributed by atoms with Crippen LogP contribution in [-0.2, 0) is 6.18 Å². The average Bonchev–Trinajstić information content (AvgIpc) is 2.62. The summed E-state index contributed by atoms with van der Waals surface area (Å²) in [4.78, 5) is 26.0. The van der Waals surface area contributed by atoms with Crippen LogP contribution in [0.15, 0.2) is 48.5 Å². The lowest BCUT2D eigenvalue weighted by molar-refractivity contribution is -0.137. The number of benzene rings is 2. The van der Waals surface area contributed by atoms with Crippen LogP contribution in [-0.4, -0.2) is 29.8 Å². The van der Waals surface area contributed by atoms with Gasteiger partial charge in [0.25, 0.3) is 11.8 Å². The lowest BCUT2D eigenvalue weighted by atomic mass is 10.1. The molecule has 0 fully saturated rings. The molecule has 0 aromatic heterocycles. The molecule has 0 spiro atoms. The molecule has 0 unspecified atom stereocenters. The van der Waals surface area contributed by atoms with Gasteiger partial charge in [0.2, 0.25) is 0 Å². The van der Waals surface area contributed by atoms with E-state index in [4.69, 9.17) is 0 Å². The van der Waals surface area contributed by atoms with Crippen molar-refractivity contribution in [2.45, 2.75) is 20.0 Å². The molecule has 0 saturated carbocycles. The molecule has 2 aromatic rings. The largest absolute Gasteiger partial charge is 0.416 e. The summed E-state index contributed by atoms with van der Waals surface area (Å²) >= 11 is 0. The third kappa shape index (κ3) is 4.62. The highest BCUT2D eigenvalue weighted by molar-refractivity contribution is 6.04. The third-order valence-electron chi connectivity index (χ3n) is 3.91. The standard InChI is InChI=1S/C19H19F3N2O2/c1-3-24(4-2)18(26)14-7-11-16(12-8-14)23-17(25)13-5-9-15(10-6-13)19(20,21)22/h5-12H,3-4H2,1-2H3,(H,23,25). The first-order valence-corrected chi connectivity index (χ1v) is 8.14. The van der Waals surface area contributed by atoms with Crippen LogP contribution in [0.25, 0.3) is 0 Å². The Morgan fingerprint density at radius 2 is 1.38 bits per heavy atom. The number of anilines is 1. The van der Waals surface area contributed by atoms with Crippen molar-refractivity contribution >= 4 is 17.5 Å². The summed E-state index contributed by atoms with van der Waals surface area (Å²) in [6.45, 7) is 4.98. The van der Waals surface area contributed by atoms with Crippen LogP contribution < -0.4 is 5.32 Å². The van der Waals surface area contributed by atoms with Crippen molar-refractivity contribution in [1.82, 2.24) is 4.90 Å². The van der Waals surface area contributed by atoms with E-state index in [0.717, 1.165) is 24.3 Å². The van der Waals surface area contributed by atoms with Crippen LogP contribution in [0.1, 0.15) is 40.1 Å². The molecule has 26 heavy (non-hydrogen) atoms. The molecule has 2 aromatic carbocycles. The van der Waals surface area contributed by atoms with E-state index >= 15 is 0 Å². The zero-order chi connectivity index (χ0) is 19.3. The Kier molecular flexibility index (Phi) is 6.02. The molecule has 0 saturated heterocycles. The van der Waals surface area contributed by atoms with Crippen molar-refractivity contribution in [3.05, 3.63) is 65.2 Å². The molecule has 0 aliphatic carbocycles. The number of hydrogen-bond donors (Lipinski definition) is 1. The van der Waals surface area contributed by atoms with Crippen LogP contribution in [0.5, 0.6) is 0 Å². The van der Waals surface area contributed by atoms with Crippen molar-refractivity contribution in [2.75, 3.05) is 18.4 Å². The van der Waals surface area contributed by atoms with Crippen molar-refractivity contribution in [2.24, 2.45) is 0 Å². The fraction of sp³-hybridized carbons (Fsp3) is 0.263. The van der Waals surface area contributed by atoms with Gasteiger partial charge in [0.1, 0.15) is 0 Å². The normalized spacial score (nSPS) is 11.1. The summed E-state index contributed by atoms with van der Waals surface area (Å²) in [5.41, 5.74) is 0.252. The van der Waals surface area contributed by atoms with Crippen molar-refractivity contribution in [3.8, 4) is 0 Å². The van der Waals surface area contributed by atoms with Gasteiger partial charge in [0.15, 0.2) is 0 Å². The maximum absolute atomic E-state index is 12.5. The number of rotatable bonds is 5. The summed E-state index contributed by atoms with van der Waals surface area (Å²) in [6, 6.07) is 10.3. The molecule has 138 valence electrons. The first-order chi connectivity index (χ1) is 12.3. The molecule has 0 bridgehead atoms. The van der Waals surface area contributed by atoms with Crippen LogP contribution >= 0.6 is 0 Å². The van der Waals surface area contributed by atoms with Gasteiger partial charge in [-0.3, -0.25) is 9.59 Å². The molecular formula is C19H19F3N2O2. The van der Waals surface area contributed by atoms with Gasteiger partial charge in [-0.15, -0.1) is 0 Å². The highest BCUT2D eigenvalue weighted by Crippen LogP contribution is 2.29. The Morgan fingerprint density at radius 1 is 0.885 bits per heavy atom. The van der Waals surface area contributed by atoms with Gasteiger partial charge >= 0.3 is 6.18 Å². The Balaban J connectivity index is 2.06. The summed E-state index contributed by atoms with van der Waals surface area (Å²) in [7, 11) is 0. The third-order valence-corrected chi connectivity index (χ3v) is 3.91. The predicted octanol–water partition coefficient (Wildman–Crippen LogP) is 4.44. The molecule has 4 nitrogen and oxygen atoms in total. The van der Waals surface area contributed by atoms with Gasteiger partial charge in [-0.25, -0.2) is 0 Å². The molecule has 2 rings (SSSR count). The number of halogens is 3. The minimum atomic E-state index is -4.44. The van der Waals surface area contributed by atoms with Gasteiger partial charge in [0, 0.05) is 29.9 Å². The Hall–Kier alpha value is -2.83. The SMILES string of the molecule is CCN(CC)C(=O)c1ccc(NC(=O)c2ccc(C(F)(F)F)cc2)cc1. The summed E-state index contributed by atoms with van der Waals surface area (Å²) in [5, 5.41) is 2.59. The number of alkyl halides is 3. The lowest BCUT2D eigenvalue weighted by Crippen LogP contribution is -2.30. The number of carbonyl (C=O) groups excluding carboxylic acids is 2. The minimum absolute atomic E-state index is 0.101. The molecule has 0 atom stereocenters. The molecule has 0 aliphatic heterocycles. The number of nitrogens with one attached hydrogen (secondary N) is 1. The minimum Gasteiger partial charge on any atom is -0.339 e. The fourth-order valence-electron chi connectivity index (χ4n) is 2.40. The quantitative estimate of drug-likeness (QED) is 0.853. The van der Waals surface area contributed by atoms with Gasteiger partial charge in [-0.05, 0) is 62.4 Å². The van der Waals surface area contributed by atoms with Crippen LogP contribution in [0.3, 0.4) is 0 Å². The molecule has 0 radical (unpaired) electrons. The van der Waals surface area contributed by atoms with Gasteiger partial charge in [-0.2, -0.15) is 13.2 Å². The van der Waals surface area contributed by atoms with E-state index in [2.05, 4.69) is 5.32 Å². The van der Waals surface area contributed by atoms with E-state index in [9.17, 15) is 22.8 Å². The Labute approximate surface area is 149 Å². The lowest BCUT2D eigenvalue weighted by Gasteiger charge is -2.18. The topological polar surface area (TPSA) is 49.4 Å². The Bertz CT molecular complexity index is 765. The number of nitrogens with zero attached hydrogens (tertiary/aromatic N) is 1. The maximum atomic E-state index is 12.5. The highest BCUT2D eigenvalue weighted by atomic mass is 19.4. The van der Waals surface area contributed by atoms with Crippen LogP contribution in [0.2, 0.25) is 0 Å². The molecule has 0 heterocycles. The van der Waals surface area contributed by atoms with Crippen molar-refractivity contribution in [1.29, 1.82) is 0 Å². The van der Waals surface area contributed by atoms with Gasteiger partial charge < -0.3 is 10.2 Å². The molecule has 1 N–H and O–H groups in total. The second kappa shape index (κ2) is 8.03. The second-order valence-corrected chi connectivity index (χ2v) is 5.58. The average molecular weight is 364 g/mol. The van der Waals surface area contributed by atoms with E-state index < -0.39 is 17.6 Å². The summed E-state index contributed by atoms with van der Waals surface area (Å²) in [6.07, 6.45) is -4.44. The molecular weight excluding hydrogens is 345 g/mol. The van der Waals surface area contributed by atoms with Gasteiger partial charge in [-0.1, -0.05) is 0 Å². The number of hydrogen-bond acceptors (Lipinski definition) is 2. The van der Waals surface area contributed by atoms with Crippen molar-refractivity contribution < 1.29 is 22.8 Å². The first-order valence-electron chi connectivity index (χ1n) is 8.14. The number of amides is 2. The van der Waals surface area contributed by atoms with Crippen LogP contribution in [0.4, 0.5) is 18.9 Å². The Morgan fingerprint density at radius 3 is 1.85 bits per heavy atom. The second-order valence-electron chi connectivity index (χ2n) is 5.58. The fourth-order valence-corrected chi connectivity index (χ4v) is 2.40. The smallest absolute Gasteiger partial charge is 0.339 e. The zero-order valence-electron chi connectivity index (χ0n) is 14.4. The molecule has 0 aliphatic rings. The van der Waals surface area contributed by atoms with Crippen molar-refractivity contribution in [3.63, 3.8) is 0 Å². The van der Waals surface area contributed by atoms with E-state index in [1.165, 1.54) is 0 Å². The summed E-state index contributed by atoms with van der Waals surface area (Å²) < 4.78 is 37.6. The maximum Gasteiger partial charge on any atom is 0.416 e. The predicted molar refractivity (Wildman–Crippen MR) is 93.1 cm³/mol. The molecule has 7 heteroatoms. The van der Waals surface area contributed by atoms with E-state index in [0.29, 0.717) is 24.3 Å².